The Morgan fingerprint density at radius 3 is 2.22 bits per heavy atom. The van der Waals surface area contributed by atoms with Crippen LogP contribution in [0.4, 0.5) is 5.69 Å². The third kappa shape index (κ3) is 7.46. The number of hydrogen-bond donors (Lipinski definition) is 1. The van der Waals surface area contributed by atoms with Crippen molar-refractivity contribution in [1.82, 2.24) is 14.5 Å². The van der Waals surface area contributed by atoms with E-state index < -0.39 is 28.7 Å². The van der Waals surface area contributed by atoms with E-state index in [9.17, 15) is 18.0 Å². The number of carbonyl (C=O) groups is 2. The van der Waals surface area contributed by atoms with E-state index in [4.69, 9.17) is 11.6 Å². The summed E-state index contributed by atoms with van der Waals surface area (Å²) in [5.41, 5.74) is 1.05. The van der Waals surface area contributed by atoms with Gasteiger partial charge < -0.3 is 10.2 Å². The lowest BCUT2D eigenvalue weighted by Gasteiger charge is -2.35. The summed E-state index contributed by atoms with van der Waals surface area (Å²) in [6.45, 7) is 1.48. The standard InChI is InChI=1S/C27H37ClN4O4S/c1-4-25(27(34)29-22-14-7-5-8-15-22)31(19-21-13-11-12-18-24(21)28)26(33)20-32(37(35,36)30(2)3)23-16-9-6-10-17-23/h6,9-13,16-18,22,25H,4-5,7-8,14-15,19-20H2,1-3H3,(H,29,34). The van der Waals surface area contributed by atoms with E-state index in [1.807, 2.05) is 13.0 Å². The SMILES string of the molecule is CCC(C(=O)NC1CCCCC1)N(Cc1ccccc1Cl)C(=O)CN(c1ccccc1)S(=O)(=O)N(C)C. The topological polar surface area (TPSA) is 90.0 Å². The molecule has 0 spiro atoms. The molecule has 1 unspecified atom stereocenters. The Hall–Kier alpha value is -2.62. The number of anilines is 1. The molecule has 2 amide bonds. The predicted molar refractivity (Wildman–Crippen MR) is 147 cm³/mol. The largest absolute Gasteiger partial charge is 0.352 e. The summed E-state index contributed by atoms with van der Waals surface area (Å²) in [6.07, 6.45) is 5.51. The Morgan fingerprint density at radius 1 is 1.00 bits per heavy atom. The number of halogens is 1. The second-order valence-electron chi connectivity index (χ2n) is 9.51. The molecule has 1 aliphatic rings. The molecule has 0 bridgehead atoms. The molecule has 1 saturated carbocycles. The number of para-hydroxylation sites is 1. The number of rotatable bonds is 11. The van der Waals surface area contributed by atoms with E-state index in [1.165, 1.54) is 19.0 Å². The lowest BCUT2D eigenvalue weighted by molar-refractivity contribution is -0.140. The van der Waals surface area contributed by atoms with Crippen molar-refractivity contribution in [2.45, 2.75) is 64.1 Å². The maximum absolute atomic E-state index is 13.9. The van der Waals surface area contributed by atoms with Crippen LogP contribution in [-0.4, -0.2) is 62.2 Å². The fourth-order valence-corrected chi connectivity index (χ4v) is 5.84. The first kappa shape index (κ1) is 28.9. The van der Waals surface area contributed by atoms with Gasteiger partial charge in [-0.2, -0.15) is 12.7 Å². The zero-order valence-electron chi connectivity index (χ0n) is 21.8. The van der Waals surface area contributed by atoms with Crippen LogP contribution in [0.5, 0.6) is 0 Å². The first-order chi connectivity index (χ1) is 17.6. The molecule has 8 nitrogen and oxygen atoms in total. The Labute approximate surface area is 225 Å². The van der Waals surface area contributed by atoms with Crippen LogP contribution < -0.4 is 9.62 Å². The molecule has 10 heteroatoms. The highest BCUT2D eigenvalue weighted by Gasteiger charge is 2.34. The molecule has 0 aromatic heterocycles. The van der Waals surface area contributed by atoms with Crippen molar-refractivity contribution in [3.05, 3.63) is 65.2 Å². The molecule has 2 aromatic rings. The predicted octanol–water partition coefficient (Wildman–Crippen LogP) is 4.21. The summed E-state index contributed by atoms with van der Waals surface area (Å²) in [5.74, 6) is -0.712. The molecule has 0 radical (unpaired) electrons. The number of nitrogens with zero attached hydrogens (tertiary/aromatic N) is 3. The lowest BCUT2D eigenvalue weighted by Crippen LogP contribution is -2.54. The minimum atomic E-state index is -3.98. The molecule has 1 N–H and O–H groups in total. The molecule has 202 valence electrons. The van der Waals surface area contributed by atoms with E-state index >= 15 is 0 Å². The van der Waals surface area contributed by atoms with Crippen LogP contribution in [0, 0.1) is 0 Å². The molecule has 37 heavy (non-hydrogen) atoms. The van der Waals surface area contributed by atoms with Crippen LogP contribution in [0.15, 0.2) is 54.6 Å². The van der Waals surface area contributed by atoms with E-state index in [0.717, 1.165) is 40.7 Å². The summed E-state index contributed by atoms with van der Waals surface area (Å²) in [4.78, 5) is 28.8. The van der Waals surface area contributed by atoms with Gasteiger partial charge in [-0.15, -0.1) is 0 Å². The zero-order valence-corrected chi connectivity index (χ0v) is 23.3. The van der Waals surface area contributed by atoms with Crippen LogP contribution >= 0.6 is 11.6 Å². The van der Waals surface area contributed by atoms with Crippen LogP contribution in [0.3, 0.4) is 0 Å². The Bertz CT molecular complexity index is 1150. The van der Waals surface area contributed by atoms with Crippen molar-refractivity contribution in [3.63, 3.8) is 0 Å². The average molecular weight is 549 g/mol. The highest BCUT2D eigenvalue weighted by atomic mass is 35.5. The van der Waals surface area contributed by atoms with Crippen LogP contribution in [0.1, 0.15) is 51.0 Å². The van der Waals surface area contributed by atoms with Gasteiger partial charge in [0.05, 0.1) is 5.69 Å². The fraction of sp³-hybridized carbons (Fsp3) is 0.481. The highest BCUT2D eigenvalue weighted by Crippen LogP contribution is 2.24. The highest BCUT2D eigenvalue weighted by molar-refractivity contribution is 7.90. The van der Waals surface area contributed by atoms with Crippen molar-refractivity contribution in [3.8, 4) is 0 Å². The number of benzene rings is 2. The lowest BCUT2D eigenvalue weighted by atomic mass is 9.95. The molecule has 0 heterocycles. The summed E-state index contributed by atoms with van der Waals surface area (Å²) in [7, 11) is -1.14. The van der Waals surface area contributed by atoms with E-state index in [-0.39, 0.29) is 18.5 Å². The van der Waals surface area contributed by atoms with Crippen molar-refractivity contribution in [1.29, 1.82) is 0 Å². The Kier molecular flexibility index (Phi) is 10.4. The first-order valence-corrected chi connectivity index (χ1v) is 14.5. The minimum Gasteiger partial charge on any atom is -0.352 e. The van der Waals surface area contributed by atoms with Gasteiger partial charge in [0.25, 0.3) is 0 Å². The van der Waals surface area contributed by atoms with Gasteiger partial charge in [0.15, 0.2) is 0 Å². The number of nitrogens with one attached hydrogen (secondary N) is 1. The Balaban J connectivity index is 1.95. The smallest absolute Gasteiger partial charge is 0.304 e. The summed E-state index contributed by atoms with van der Waals surface area (Å²) in [6, 6.07) is 14.9. The summed E-state index contributed by atoms with van der Waals surface area (Å²) in [5, 5.41) is 3.61. The Morgan fingerprint density at radius 2 is 1.62 bits per heavy atom. The fourth-order valence-electron chi connectivity index (χ4n) is 4.59. The number of hydrogen-bond acceptors (Lipinski definition) is 4. The molecule has 0 saturated heterocycles. The van der Waals surface area contributed by atoms with Crippen molar-refractivity contribution in [2.24, 2.45) is 0 Å². The van der Waals surface area contributed by atoms with E-state index in [2.05, 4.69) is 5.32 Å². The van der Waals surface area contributed by atoms with Gasteiger partial charge in [-0.3, -0.25) is 9.59 Å². The van der Waals surface area contributed by atoms with Gasteiger partial charge in [0.1, 0.15) is 12.6 Å². The molecule has 2 aromatic carbocycles. The van der Waals surface area contributed by atoms with Gasteiger partial charge >= 0.3 is 10.2 Å². The third-order valence-electron chi connectivity index (χ3n) is 6.70. The monoisotopic (exact) mass is 548 g/mol. The van der Waals surface area contributed by atoms with Crippen molar-refractivity contribution >= 4 is 39.3 Å². The molecule has 1 fully saturated rings. The summed E-state index contributed by atoms with van der Waals surface area (Å²) >= 11 is 6.42. The summed E-state index contributed by atoms with van der Waals surface area (Å²) < 4.78 is 28.6. The second-order valence-corrected chi connectivity index (χ2v) is 12.0. The van der Waals surface area contributed by atoms with Crippen molar-refractivity contribution in [2.75, 3.05) is 24.9 Å². The zero-order chi connectivity index (χ0) is 27.0. The van der Waals surface area contributed by atoms with E-state index in [0.29, 0.717) is 22.7 Å². The van der Waals surface area contributed by atoms with Crippen LogP contribution in [0.25, 0.3) is 0 Å². The maximum atomic E-state index is 13.9. The van der Waals surface area contributed by atoms with Gasteiger partial charge in [-0.1, -0.05) is 74.2 Å². The molecular formula is C27H37ClN4O4S. The van der Waals surface area contributed by atoms with Crippen LogP contribution in [-0.2, 0) is 26.3 Å². The second kappa shape index (κ2) is 13.3. The normalized spacial score (nSPS) is 15.3. The van der Waals surface area contributed by atoms with Crippen molar-refractivity contribution < 1.29 is 18.0 Å². The molecule has 0 aliphatic heterocycles. The van der Waals surface area contributed by atoms with Gasteiger partial charge in [-0.25, -0.2) is 4.31 Å². The third-order valence-corrected chi connectivity index (χ3v) is 8.89. The molecule has 3 rings (SSSR count). The molecule has 1 aliphatic carbocycles. The molecule has 1 atom stereocenters. The minimum absolute atomic E-state index is 0.0831. The number of carbonyl (C=O) groups excluding carboxylic acids is 2. The quantitative estimate of drug-likeness (QED) is 0.455. The first-order valence-electron chi connectivity index (χ1n) is 12.7. The average Bonchev–Trinajstić information content (AvgIpc) is 2.89. The maximum Gasteiger partial charge on any atom is 0.304 e. The van der Waals surface area contributed by atoms with Gasteiger partial charge in [0.2, 0.25) is 11.8 Å². The van der Waals surface area contributed by atoms with E-state index in [1.54, 1.807) is 48.5 Å². The van der Waals surface area contributed by atoms with Gasteiger partial charge in [-0.05, 0) is 43.0 Å². The van der Waals surface area contributed by atoms with Gasteiger partial charge in [0, 0.05) is 31.7 Å². The van der Waals surface area contributed by atoms with Crippen LogP contribution in [0.2, 0.25) is 5.02 Å². The molecular weight excluding hydrogens is 512 g/mol. The number of amides is 2.